The normalized spacial score (nSPS) is 10.4. The van der Waals surface area contributed by atoms with E-state index in [1.165, 1.54) is 0 Å². The van der Waals surface area contributed by atoms with Gasteiger partial charge in [0, 0.05) is 20.6 Å². The fourth-order valence-electron chi connectivity index (χ4n) is 1.93. The number of hydrogen-bond acceptors (Lipinski definition) is 3. The average Bonchev–Trinajstić information content (AvgIpc) is 2.42. The monoisotopic (exact) mass is 398 g/mol. The van der Waals surface area contributed by atoms with E-state index in [1.54, 1.807) is 0 Å². The van der Waals surface area contributed by atoms with Crippen LogP contribution in [0.5, 0.6) is 5.75 Å². The predicted octanol–water partition coefficient (Wildman–Crippen LogP) is 4.60. The molecule has 2 rings (SSSR count). The maximum atomic E-state index is 9.71. The smallest absolute Gasteiger partial charge is 0.143 e. The summed E-state index contributed by atoms with van der Waals surface area (Å²) in [5.74, 6) is 0.224. The molecule has 20 heavy (non-hydrogen) atoms. The third-order valence-corrected chi connectivity index (χ3v) is 4.15. The van der Waals surface area contributed by atoms with Crippen LogP contribution in [0.4, 0.5) is 11.4 Å². The second kappa shape index (κ2) is 6.50. The van der Waals surface area contributed by atoms with E-state index in [2.05, 4.69) is 54.2 Å². The molecule has 3 nitrogen and oxygen atoms in total. The minimum Gasteiger partial charge on any atom is -0.506 e. The molecule has 0 unspecified atom stereocenters. The standard InChI is InChI=1S/C15H16Br2N2O/c1-19(2)14-6-4-3-5-13(14)18-9-10-7-11(16)15(20)12(17)8-10/h3-8,18,20H,9H2,1-2H3. The zero-order chi connectivity index (χ0) is 14.7. The molecule has 2 aromatic rings. The number of benzene rings is 2. The number of para-hydroxylation sites is 2. The van der Waals surface area contributed by atoms with E-state index in [1.807, 2.05) is 38.4 Å². The van der Waals surface area contributed by atoms with Gasteiger partial charge in [0.2, 0.25) is 0 Å². The molecule has 5 heteroatoms. The van der Waals surface area contributed by atoms with Crippen LogP contribution < -0.4 is 10.2 Å². The predicted molar refractivity (Wildman–Crippen MR) is 91.6 cm³/mol. The van der Waals surface area contributed by atoms with Crippen molar-refractivity contribution in [1.82, 2.24) is 0 Å². The summed E-state index contributed by atoms with van der Waals surface area (Å²) in [6.45, 7) is 0.683. The highest BCUT2D eigenvalue weighted by atomic mass is 79.9. The zero-order valence-electron chi connectivity index (χ0n) is 11.3. The van der Waals surface area contributed by atoms with Crippen molar-refractivity contribution in [2.75, 3.05) is 24.3 Å². The van der Waals surface area contributed by atoms with E-state index < -0.39 is 0 Å². The first kappa shape index (κ1) is 15.2. The van der Waals surface area contributed by atoms with E-state index in [4.69, 9.17) is 0 Å². The van der Waals surface area contributed by atoms with Gasteiger partial charge in [-0.2, -0.15) is 0 Å². The summed E-state index contributed by atoms with van der Waals surface area (Å²) in [4.78, 5) is 2.07. The first-order valence-corrected chi connectivity index (χ1v) is 7.74. The third kappa shape index (κ3) is 3.46. The highest BCUT2D eigenvalue weighted by Gasteiger charge is 2.07. The molecule has 106 valence electrons. The number of phenolic OH excluding ortho intramolecular Hbond substituents is 1. The lowest BCUT2D eigenvalue weighted by Crippen LogP contribution is -2.12. The topological polar surface area (TPSA) is 35.5 Å². The van der Waals surface area contributed by atoms with Gasteiger partial charge in [0.25, 0.3) is 0 Å². The molecule has 0 amide bonds. The molecule has 0 aliphatic carbocycles. The van der Waals surface area contributed by atoms with Crippen molar-refractivity contribution in [3.8, 4) is 5.75 Å². The molecule has 0 fully saturated rings. The Morgan fingerprint density at radius 3 is 2.30 bits per heavy atom. The van der Waals surface area contributed by atoms with Crippen molar-refractivity contribution in [2.45, 2.75) is 6.54 Å². The molecular formula is C15H16Br2N2O. The summed E-state index contributed by atoms with van der Waals surface area (Å²) in [5, 5.41) is 13.1. The van der Waals surface area contributed by atoms with Crippen molar-refractivity contribution >= 4 is 43.2 Å². The van der Waals surface area contributed by atoms with Crippen LogP contribution in [0, 0.1) is 0 Å². The highest BCUT2D eigenvalue weighted by Crippen LogP contribution is 2.33. The summed E-state index contributed by atoms with van der Waals surface area (Å²) in [6, 6.07) is 12.0. The molecule has 0 atom stereocenters. The fourth-order valence-corrected chi connectivity index (χ4v) is 3.21. The second-order valence-corrected chi connectivity index (χ2v) is 6.38. The van der Waals surface area contributed by atoms with E-state index in [0.29, 0.717) is 15.5 Å². The lowest BCUT2D eigenvalue weighted by molar-refractivity contribution is 0.468. The van der Waals surface area contributed by atoms with Gasteiger partial charge in [-0.05, 0) is 61.7 Å². The van der Waals surface area contributed by atoms with E-state index >= 15 is 0 Å². The quantitative estimate of drug-likeness (QED) is 0.788. The van der Waals surface area contributed by atoms with Gasteiger partial charge < -0.3 is 15.3 Å². The number of aromatic hydroxyl groups is 1. The van der Waals surface area contributed by atoms with Crippen LogP contribution in [-0.4, -0.2) is 19.2 Å². The van der Waals surface area contributed by atoms with Crippen LogP contribution in [0.25, 0.3) is 0 Å². The molecule has 0 radical (unpaired) electrons. The Morgan fingerprint density at radius 2 is 1.70 bits per heavy atom. The summed E-state index contributed by atoms with van der Waals surface area (Å²) < 4.78 is 1.37. The van der Waals surface area contributed by atoms with Crippen LogP contribution in [0.1, 0.15) is 5.56 Å². The van der Waals surface area contributed by atoms with Gasteiger partial charge in [-0.1, -0.05) is 12.1 Å². The number of hydrogen-bond donors (Lipinski definition) is 2. The van der Waals surface area contributed by atoms with Crippen LogP contribution >= 0.6 is 31.9 Å². The number of anilines is 2. The molecule has 0 aliphatic rings. The Bertz CT molecular complexity index is 592. The first-order chi connectivity index (χ1) is 9.49. The maximum Gasteiger partial charge on any atom is 0.143 e. The Hall–Kier alpha value is -1.20. The molecule has 2 aromatic carbocycles. The third-order valence-electron chi connectivity index (χ3n) is 2.95. The van der Waals surface area contributed by atoms with Crippen LogP contribution in [0.2, 0.25) is 0 Å². The zero-order valence-corrected chi connectivity index (χ0v) is 14.5. The molecule has 0 aliphatic heterocycles. The van der Waals surface area contributed by atoms with Crippen LogP contribution in [0.15, 0.2) is 45.3 Å². The minimum absolute atomic E-state index is 0.224. The van der Waals surface area contributed by atoms with Crippen molar-refractivity contribution < 1.29 is 5.11 Å². The van der Waals surface area contributed by atoms with Crippen molar-refractivity contribution in [3.05, 3.63) is 50.9 Å². The largest absolute Gasteiger partial charge is 0.506 e. The van der Waals surface area contributed by atoms with Crippen LogP contribution in [0.3, 0.4) is 0 Å². The Labute approximate surface area is 135 Å². The Balaban J connectivity index is 2.17. The summed E-state index contributed by atoms with van der Waals surface area (Å²) in [7, 11) is 4.04. The Morgan fingerprint density at radius 1 is 1.10 bits per heavy atom. The van der Waals surface area contributed by atoms with E-state index in [9.17, 15) is 5.11 Å². The molecule has 0 aromatic heterocycles. The summed E-state index contributed by atoms with van der Waals surface area (Å²) >= 11 is 6.69. The number of nitrogens with zero attached hydrogens (tertiary/aromatic N) is 1. The summed E-state index contributed by atoms with van der Waals surface area (Å²) in [6.07, 6.45) is 0. The van der Waals surface area contributed by atoms with Crippen molar-refractivity contribution in [2.24, 2.45) is 0 Å². The first-order valence-electron chi connectivity index (χ1n) is 6.16. The maximum absolute atomic E-state index is 9.71. The minimum atomic E-state index is 0.224. The van der Waals surface area contributed by atoms with Gasteiger partial charge in [0.1, 0.15) is 5.75 Å². The van der Waals surface area contributed by atoms with E-state index in [0.717, 1.165) is 16.9 Å². The fraction of sp³-hybridized carbons (Fsp3) is 0.200. The number of phenols is 1. The highest BCUT2D eigenvalue weighted by molar-refractivity contribution is 9.11. The molecule has 0 saturated heterocycles. The lowest BCUT2D eigenvalue weighted by Gasteiger charge is -2.18. The molecule has 0 bridgehead atoms. The number of halogens is 2. The van der Waals surface area contributed by atoms with Gasteiger partial charge in [-0.3, -0.25) is 0 Å². The number of rotatable bonds is 4. The lowest BCUT2D eigenvalue weighted by atomic mass is 10.2. The molecule has 2 N–H and O–H groups in total. The van der Waals surface area contributed by atoms with Gasteiger partial charge in [0.15, 0.2) is 0 Å². The van der Waals surface area contributed by atoms with Crippen LogP contribution in [-0.2, 0) is 6.54 Å². The van der Waals surface area contributed by atoms with Gasteiger partial charge >= 0.3 is 0 Å². The van der Waals surface area contributed by atoms with Gasteiger partial charge in [-0.25, -0.2) is 0 Å². The molecule has 0 spiro atoms. The van der Waals surface area contributed by atoms with E-state index in [-0.39, 0.29) is 5.75 Å². The average molecular weight is 400 g/mol. The number of nitrogens with one attached hydrogen (secondary N) is 1. The van der Waals surface area contributed by atoms with Crippen molar-refractivity contribution in [1.29, 1.82) is 0 Å². The second-order valence-electron chi connectivity index (χ2n) is 4.67. The van der Waals surface area contributed by atoms with Gasteiger partial charge in [0.05, 0.1) is 20.3 Å². The molecule has 0 saturated carbocycles. The Kier molecular flexibility index (Phi) is 4.94. The SMILES string of the molecule is CN(C)c1ccccc1NCc1cc(Br)c(O)c(Br)c1. The molecule has 0 heterocycles. The summed E-state index contributed by atoms with van der Waals surface area (Å²) in [5.41, 5.74) is 3.30. The van der Waals surface area contributed by atoms with Gasteiger partial charge in [-0.15, -0.1) is 0 Å². The van der Waals surface area contributed by atoms with Crippen molar-refractivity contribution in [3.63, 3.8) is 0 Å². The molecular weight excluding hydrogens is 384 g/mol.